The molecular formula is C32H39N3O4. The summed E-state index contributed by atoms with van der Waals surface area (Å²) in [6, 6.07) is 22.6. The monoisotopic (exact) mass is 529 g/mol. The molecule has 206 valence electrons. The molecule has 0 bridgehead atoms. The van der Waals surface area contributed by atoms with E-state index in [0.29, 0.717) is 32.4 Å². The van der Waals surface area contributed by atoms with Gasteiger partial charge in [-0.05, 0) is 55.5 Å². The zero-order valence-electron chi connectivity index (χ0n) is 23.6. The maximum absolute atomic E-state index is 13.9. The first-order chi connectivity index (χ1) is 18.5. The van der Waals surface area contributed by atoms with Crippen LogP contribution in [0.15, 0.2) is 72.8 Å². The van der Waals surface area contributed by atoms with Crippen molar-refractivity contribution in [3.8, 4) is 0 Å². The fraction of sp³-hybridized carbons (Fsp3) is 0.406. The highest BCUT2D eigenvalue weighted by molar-refractivity contribution is 5.92. The third-order valence-electron chi connectivity index (χ3n) is 7.15. The molecule has 0 aromatic heterocycles. The lowest BCUT2D eigenvalue weighted by Gasteiger charge is -2.35. The van der Waals surface area contributed by atoms with E-state index in [4.69, 9.17) is 4.74 Å². The summed E-state index contributed by atoms with van der Waals surface area (Å²) in [5, 5.41) is 2.20. The topological polar surface area (TPSA) is 70.2 Å². The molecule has 0 spiro atoms. The summed E-state index contributed by atoms with van der Waals surface area (Å²) in [4.78, 5) is 45.4. The molecule has 3 aromatic rings. The number of likely N-dealkylation sites (N-methyl/N-ethyl adjacent to an activating group) is 2. The van der Waals surface area contributed by atoms with Gasteiger partial charge in [0.25, 0.3) is 0 Å². The summed E-state index contributed by atoms with van der Waals surface area (Å²) in [6.07, 6.45) is 1.12. The van der Waals surface area contributed by atoms with Crippen molar-refractivity contribution in [2.24, 2.45) is 0 Å². The molecule has 0 aliphatic carbocycles. The van der Waals surface area contributed by atoms with E-state index in [-0.39, 0.29) is 11.8 Å². The molecule has 1 aliphatic rings. The van der Waals surface area contributed by atoms with Gasteiger partial charge in [-0.2, -0.15) is 0 Å². The van der Waals surface area contributed by atoms with Gasteiger partial charge < -0.3 is 14.5 Å². The third-order valence-corrected chi connectivity index (χ3v) is 7.15. The average Bonchev–Trinajstić information content (AvgIpc) is 3.40. The summed E-state index contributed by atoms with van der Waals surface area (Å²) in [7, 11) is 3.44. The van der Waals surface area contributed by atoms with Gasteiger partial charge in [-0.1, -0.05) is 72.8 Å². The van der Waals surface area contributed by atoms with E-state index >= 15 is 0 Å². The Balaban J connectivity index is 1.59. The Morgan fingerprint density at radius 1 is 0.923 bits per heavy atom. The molecule has 7 heteroatoms. The van der Waals surface area contributed by atoms with E-state index in [1.165, 1.54) is 9.80 Å². The lowest BCUT2D eigenvalue weighted by Crippen LogP contribution is -2.55. The second kappa shape index (κ2) is 11.9. The van der Waals surface area contributed by atoms with Crippen LogP contribution in [-0.2, 0) is 27.3 Å². The van der Waals surface area contributed by atoms with Gasteiger partial charge in [0.05, 0.1) is 0 Å². The minimum Gasteiger partial charge on any atom is -0.444 e. The van der Waals surface area contributed by atoms with E-state index < -0.39 is 23.8 Å². The summed E-state index contributed by atoms with van der Waals surface area (Å²) in [5.41, 5.74) is 1.32. The average molecular weight is 530 g/mol. The van der Waals surface area contributed by atoms with Crippen LogP contribution in [0.5, 0.6) is 0 Å². The van der Waals surface area contributed by atoms with Crippen molar-refractivity contribution in [3.63, 3.8) is 0 Å². The zero-order valence-corrected chi connectivity index (χ0v) is 23.6. The van der Waals surface area contributed by atoms with Crippen molar-refractivity contribution in [1.82, 2.24) is 14.7 Å². The van der Waals surface area contributed by atoms with Crippen LogP contribution >= 0.6 is 0 Å². The van der Waals surface area contributed by atoms with Crippen LogP contribution in [0.4, 0.5) is 4.79 Å². The van der Waals surface area contributed by atoms with Gasteiger partial charge in [-0.3, -0.25) is 14.5 Å². The molecule has 39 heavy (non-hydrogen) atoms. The van der Waals surface area contributed by atoms with Crippen LogP contribution in [0.1, 0.15) is 44.7 Å². The second-order valence-corrected chi connectivity index (χ2v) is 11.4. The molecule has 3 aromatic carbocycles. The number of amides is 3. The fourth-order valence-electron chi connectivity index (χ4n) is 5.12. The van der Waals surface area contributed by atoms with Crippen molar-refractivity contribution in [2.75, 3.05) is 20.6 Å². The molecule has 0 unspecified atom stereocenters. The van der Waals surface area contributed by atoms with Crippen LogP contribution in [-0.4, -0.2) is 70.9 Å². The Hall–Kier alpha value is -3.87. The molecule has 0 N–H and O–H groups in total. The van der Waals surface area contributed by atoms with E-state index in [0.717, 1.165) is 21.9 Å². The summed E-state index contributed by atoms with van der Waals surface area (Å²) >= 11 is 0. The Labute approximate surface area is 231 Å². The predicted molar refractivity (Wildman–Crippen MR) is 153 cm³/mol. The molecule has 7 nitrogen and oxygen atoms in total. The van der Waals surface area contributed by atoms with Crippen molar-refractivity contribution in [2.45, 2.75) is 64.3 Å². The van der Waals surface area contributed by atoms with Gasteiger partial charge in [0, 0.05) is 33.6 Å². The van der Waals surface area contributed by atoms with Gasteiger partial charge >= 0.3 is 6.09 Å². The molecule has 0 saturated carbocycles. The van der Waals surface area contributed by atoms with Crippen LogP contribution < -0.4 is 0 Å². The number of rotatable bonds is 7. The molecule has 4 rings (SSSR count). The highest BCUT2D eigenvalue weighted by Crippen LogP contribution is 2.25. The van der Waals surface area contributed by atoms with Gasteiger partial charge in [0.2, 0.25) is 11.8 Å². The molecular weight excluding hydrogens is 490 g/mol. The number of likely N-dealkylation sites (tertiary alicyclic amines) is 1. The first-order valence-corrected chi connectivity index (χ1v) is 13.6. The number of carbonyl (C=O) groups excluding carboxylic acids is 3. The number of benzene rings is 3. The summed E-state index contributed by atoms with van der Waals surface area (Å²) < 4.78 is 5.57. The predicted octanol–water partition coefficient (Wildman–Crippen LogP) is 5.27. The number of hydrogen-bond acceptors (Lipinski definition) is 4. The quantitative estimate of drug-likeness (QED) is 0.418. The van der Waals surface area contributed by atoms with Crippen LogP contribution in [0.25, 0.3) is 10.8 Å². The Morgan fingerprint density at radius 3 is 2.28 bits per heavy atom. The normalized spacial score (nSPS) is 16.1. The Morgan fingerprint density at radius 2 is 1.59 bits per heavy atom. The minimum atomic E-state index is -0.728. The van der Waals surface area contributed by atoms with Gasteiger partial charge in [0.15, 0.2) is 0 Å². The van der Waals surface area contributed by atoms with Crippen molar-refractivity contribution in [1.29, 1.82) is 0 Å². The van der Waals surface area contributed by atoms with Crippen LogP contribution in [0, 0.1) is 0 Å². The number of carbonyl (C=O) groups is 3. The lowest BCUT2D eigenvalue weighted by molar-refractivity contribution is -0.146. The number of nitrogens with zero attached hydrogens (tertiary/aromatic N) is 3. The third kappa shape index (κ3) is 6.96. The molecule has 3 amide bonds. The van der Waals surface area contributed by atoms with Gasteiger partial charge in [0.1, 0.15) is 17.7 Å². The van der Waals surface area contributed by atoms with Crippen LogP contribution in [0.3, 0.4) is 0 Å². The Kier molecular flexibility index (Phi) is 8.58. The van der Waals surface area contributed by atoms with E-state index in [1.807, 2.05) is 81.4 Å². The van der Waals surface area contributed by atoms with Crippen LogP contribution in [0.2, 0.25) is 0 Å². The number of ether oxygens (including phenoxy) is 1. The number of hydrogen-bond donors (Lipinski definition) is 0. The maximum Gasteiger partial charge on any atom is 0.410 e. The summed E-state index contributed by atoms with van der Waals surface area (Å²) in [5.74, 6) is -0.393. The van der Waals surface area contributed by atoms with E-state index in [2.05, 4.69) is 12.1 Å². The molecule has 2 atom stereocenters. The zero-order chi connectivity index (χ0) is 28.2. The van der Waals surface area contributed by atoms with Gasteiger partial charge in [-0.15, -0.1) is 0 Å². The first-order valence-electron chi connectivity index (χ1n) is 13.6. The van der Waals surface area contributed by atoms with E-state index in [1.54, 1.807) is 19.0 Å². The lowest BCUT2D eigenvalue weighted by atomic mass is 9.99. The molecule has 1 heterocycles. The molecule has 0 radical (unpaired) electrons. The summed E-state index contributed by atoms with van der Waals surface area (Å²) in [6.45, 7) is 6.32. The fourth-order valence-corrected chi connectivity index (χ4v) is 5.12. The highest BCUT2D eigenvalue weighted by atomic mass is 16.6. The maximum atomic E-state index is 13.9. The smallest absolute Gasteiger partial charge is 0.410 e. The molecule has 1 saturated heterocycles. The van der Waals surface area contributed by atoms with Crippen molar-refractivity contribution >= 4 is 28.7 Å². The van der Waals surface area contributed by atoms with Gasteiger partial charge in [-0.25, -0.2) is 4.79 Å². The molecule has 1 fully saturated rings. The van der Waals surface area contributed by atoms with Crippen molar-refractivity contribution < 1.29 is 19.1 Å². The minimum absolute atomic E-state index is 0.148. The standard InChI is InChI=1S/C32H39N3O4/c1-32(2,3)39-31(38)35-19-11-16-27(35)30(37)34(5)28(29(36)33(4)22-23-12-7-6-8-13-23)21-24-17-18-25-14-9-10-15-26(25)20-24/h6-10,12-15,17-18,20,27-28H,11,16,19,21-22H2,1-5H3/t27-,28+/m0/s1. The Bertz CT molecular complexity index is 1320. The second-order valence-electron chi connectivity index (χ2n) is 11.4. The number of fused-ring (bicyclic) bond motifs is 1. The first kappa shape index (κ1) is 28.1. The highest BCUT2D eigenvalue weighted by Gasteiger charge is 2.41. The van der Waals surface area contributed by atoms with Crippen molar-refractivity contribution in [3.05, 3.63) is 83.9 Å². The molecule has 1 aliphatic heterocycles. The SMILES string of the molecule is CN(Cc1ccccc1)C(=O)[C@@H](Cc1ccc2ccccc2c1)N(C)C(=O)[C@@H]1CCCN1C(=O)OC(C)(C)C. The largest absolute Gasteiger partial charge is 0.444 e. The van der Waals surface area contributed by atoms with E-state index in [9.17, 15) is 14.4 Å².